The molecule has 0 aliphatic heterocycles. The maximum absolute atomic E-state index is 13.3. The summed E-state index contributed by atoms with van der Waals surface area (Å²) in [5.41, 5.74) is 5.39. The van der Waals surface area contributed by atoms with Crippen LogP contribution in [0.25, 0.3) is 33.7 Å². The summed E-state index contributed by atoms with van der Waals surface area (Å²) in [6, 6.07) is 11.5. The van der Waals surface area contributed by atoms with Crippen LogP contribution in [0.3, 0.4) is 0 Å². The summed E-state index contributed by atoms with van der Waals surface area (Å²) in [5, 5.41) is 22.7. The van der Waals surface area contributed by atoms with Gasteiger partial charge in [0.2, 0.25) is 5.82 Å². The molecule has 0 aliphatic carbocycles. The third-order valence-corrected chi connectivity index (χ3v) is 5.71. The molecule has 5 rings (SSSR count). The lowest BCUT2D eigenvalue weighted by Gasteiger charge is -2.20. The smallest absolute Gasteiger partial charge is 0.206 e. The van der Waals surface area contributed by atoms with Crippen LogP contribution in [-0.2, 0) is 7.05 Å². The molecule has 2 N–H and O–H groups in total. The van der Waals surface area contributed by atoms with Crippen molar-refractivity contribution in [2.45, 2.75) is 26.8 Å². The highest BCUT2D eigenvalue weighted by atomic mass is 16.3. The van der Waals surface area contributed by atoms with E-state index in [0.717, 1.165) is 27.9 Å². The fourth-order valence-electron chi connectivity index (χ4n) is 4.09. The van der Waals surface area contributed by atoms with Crippen molar-refractivity contribution in [3.63, 3.8) is 0 Å². The third kappa shape index (κ3) is 3.67. The molecule has 0 saturated carbocycles. The Hall–Kier alpha value is -4.27. The van der Waals surface area contributed by atoms with Crippen LogP contribution in [0.2, 0.25) is 0 Å². The second kappa shape index (κ2) is 8.01. The zero-order chi connectivity index (χ0) is 23.1. The molecule has 1 unspecified atom stereocenters. The Morgan fingerprint density at radius 3 is 2.73 bits per heavy atom. The number of aromatic nitrogens is 6. The van der Waals surface area contributed by atoms with Gasteiger partial charge in [0.25, 0.3) is 0 Å². The molecule has 0 bridgehead atoms. The van der Waals surface area contributed by atoms with Crippen LogP contribution in [0, 0.1) is 13.8 Å². The van der Waals surface area contributed by atoms with Gasteiger partial charge in [-0.05, 0) is 49.7 Å². The molecule has 2 aromatic carbocycles. The first-order chi connectivity index (χ1) is 15.9. The van der Waals surface area contributed by atoms with Gasteiger partial charge >= 0.3 is 0 Å². The van der Waals surface area contributed by atoms with E-state index in [2.05, 4.69) is 31.0 Å². The Kier molecular flexibility index (Phi) is 5.01. The Bertz CT molecular complexity index is 1520. The van der Waals surface area contributed by atoms with E-state index in [1.807, 2.05) is 63.5 Å². The minimum atomic E-state index is -0.173. The van der Waals surface area contributed by atoms with Crippen LogP contribution >= 0.6 is 0 Å². The molecule has 5 aromatic rings. The third-order valence-electron chi connectivity index (χ3n) is 5.71. The summed E-state index contributed by atoms with van der Waals surface area (Å²) < 4.78 is 8.08. The monoisotopic (exact) mass is 441 g/mol. The summed E-state index contributed by atoms with van der Waals surface area (Å²) in [6.07, 6.45) is 3.54. The Morgan fingerprint density at radius 2 is 2.00 bits per heavy atom. The number of H-pyrrole nitrogens is 1. The maximum Gasteiger partial charge on any atom is 0.206 e. The van der Waals surface area contributed by atoms with Gasteiger partial charge in [-0.2, -0.15) is 10.3 Å². The number of rotatable bonds is 5. The molecule has 9 nitrogen and oxygen atoms in total. The average Bonchev–Trinajstić information content (AvgIpc) is 3.48. The zero-order valence-electron chi connectivity index (χ0n) is 18.7. The van der Waals surface area contributed by atoms with Crippen LogP contribution in [0.5, 0.6) is 0 Å². The maximum atomic E-state index is 13.3. The van der Waals surface area contributed by atoms with E-state index in [1.165, 1.54) is 0 Å². The van der Waals surface area contributed by atoms with Gasteiger partial charge in [0.05, 0.1) is 23.2 Å². The van der Waals surface area contributed by atoms with Gasteiger partial charge in [0.15, 0.2) is 5.43 Å². The van der Waals surface area contributed by atoms with Crippen molar-refractivity contribution < 1.29 is 4.42 Å². The number of para-hydroxylation sites is 1. The molecule has 0 aliphatic rings. The number of tetrazole rings is 1. The molecule has 33 heavy (non-hydrogen) atoms. The van der Waals surface area contributed by atoms with Crippen molar-refractivity contribution in [3.05, 3.63) is 75.7 Å². The minimum absolute atomic E-state index is 0.0422. The predicted molar refractivity (Wildman–Crippen MR) is 126 cm³/mol. The number of anilines is 1. The highest BCUT2D eigenvalue weighted by molar-refractivity contribution is 5.85. The molecule has 0 saturated heterocycles. The van der Waals surface area contributed by atoms with Gasteiger partial charge in [-0.25, -0.2) is 0 Å². The average molecular weight is 441 g/mol. The number of hydrogen-bond donors (Lipinski definition) is 2. The van der Waals surface area contributed by atoms with Crippen molar-refractivity contribution in [2.75, 3.05) is 5.32 Å². The minimum Gasteiger partial charge on any atom is -0.455 e. The first-order valence-electron chi connectivity index (χ1n) is 10.6. The van der Waals surface area contributed by atoms with E-state index < -0.39 is 0 Å². The Labute approximate surface area is 189 Å². The molecule has 3 aromatic heterocycles. The molecule has 0 fully saturated rings. The zero-order valence-corrected chi connectivity index (χ0v) is 18.7. The summed E-state index contributed by atoms with van der Waals surface area (Å²) in [7, 11) is 1.83. The Morgan fingerprint density at radius 1 is 1.18 bits per heavy atom. The lowest BCUT2D eigenvalue weighted by Crippen LogP contribution is -2.12. The highest BCUT2D eigenvalue weighted by Crippen LogP contribution is 2.33. The molecule has 0 radical (unpaired) electrons. The lowest BCUT2D eigenvalue weighted by atomic mass is 9.99. The van der Waals surface area contributed by atoms with E-state index in [1.54, 1.807) is 17.8 Å². The fourth-order valence-corrected chi connectivity index (χ4v) is 4.09. The number of fused-ring (bicyclic) bond motifs is 1. The second-order valence-corrected chi connectivity index (χ2v) is 8.17. The van der Waals surface area contributed by atoms with E-state index >= 15 is 0 Å². The van der Waals surface area contributed by atoms with Crippen molar-refractivity contribution in [2.24, 2.45) is 7.05 Å². The van der Waals surface area contributed by atoms with Crippen molar-refractivity contribution >= 4 is 16.7 Å². The molecular formula is C24H23N7O2. The molecule has 0 amide bonds. The van der Waals surface area contributed by atoms with Crippen LogP contribution in [0.15, 0.2) is 58.0 Å². The summed E-state index contributed by atoms with van der Waals surface area (Å²) in [5.74, 6) is 1.03. The topological polar surface area (TPSA) is 115 Å². The molecule has 3 heterocycles. The van der Waals surface area contributed by atoms with Crippen molar-refractivity contribution in [1.82, 2.24) is 30.4 Å². The van der Waals surface area contributed by atoms with Gasteiger partial charge in [0.1, 0.15) is 11.3 Å². The second-order valence-electron chi connectivity index (χ2n) is 8.17. The van der Waals surface area contributed by atoms with E-state index in [4.69, 9.17) is 4.42 Å². The number of aryl methyl sites for hydroxylation is 2. The van der Waals surface area contributed by atoms with Crippen LogP contribution in [0.4, 0.5) is 5.69 Å². The van der Waals surface area contributed by atoms with Gasteiger partial charge in [-0.1, -0.05) is 18.2 Å². The highest BCUT2D eigenvalue weighted by Gasteiger charge is 2.20. The fraction of sp³-hybridized carbons (Fsp3) is 0.208. The number of nitrogens with zero attached hydrogens (tertiary/aromatic N) is 5. The summed E-state index contributed by atoms with van der Waals surface area (Å²) in [6.45, 7) is 5.80. The van der Waals surface area contributed by atoms with E-state index in [-0.39, 0.29) is 11.5 Å². The molecule has 9 heteroatoms. The number of benzene rings is 2. The predicted octanol–water partition coefficient (Wildman–Crippen LogP) is 4.16. The first kappa shape index (κ1) is 20.6. The standard InChI is InChI=1S/C24H23N7O2/c1-13-9-18(15(3)26-20-8-6-5-7-17(20)24-27-29-30-28-24)23-19(10-13)21(32)14(2)22(33-23)16-11-25-31(4)12-16/h5-12,15,26H,1-4H3,(H,27,28,29,30). The van der Waals surface area contributed by atoms with Gasteiger partial charge in [0, 0.05) is 35.6 Å². The number of nitrogens with one attached hydrogen (secondary N) is 2. The van der Waals surface area contributed by atoms with E-state index in [9.17, 15) is 4.79 Å². The van der Waals surface area contributed by atoms with Gasteiger partial charge in [-0.3, -0.25) is 9.48 Å². The Balaban J connectivity index is 1.64. The number of aromatic amines is 1. The summed E-state index contributed by atoms with van der Waals surface area (Å²) >= 11 is 0. The van der Waals surface area contributed by atoms with Crippen LogP contribution in [0.1, 0.15) is 29.7 Å². The molecule has 166 valence electrons. The quantitative estimate of drug-likeness (QED) is 0.421. The first-order valence-corrected chi connectivity index (χ1v) is 10.6. The lowest BCUT2D eigenvalue weighted by molar-refractivity contribution is 0.605. The van der Waals surface area contributed by atoms with Crippen molar-refractivity contribution in [3.8, 4) is 22.7 Å². The molecular weight excluding hydrogens is 418 g/mol. The summed E-state index contributed by atoms with van der Waals surface area (Å²) in [4.78, 5) is 13.3. The largest absolute Gasteiger partial charge is 0.455 e. The number of hydrogen-bond acceptors (Lipinski definition) is 7. The molecule has 1 atom stereocenters. The van der Waals surface area contributed by atoms with Crippen LogP contribution < -0.4 is 10.7 Å². The SMILES string of the molecule is Cc1cc(C(C)Nc2ccccc2-c2nn[nH]n2)c2oc(-c3cnn(C)c3)c(C)c(=O)c2c1. The van der Waals surface area contributed by atoms with Gasteiger partial charge in [-0.15, -0.1) is 10.2 Å². The van der Waals surface area contributed by atoms with Gasteiger partial charge < -0.3 is 9.73 Å². The van der Waals surface area contributed by atoms with E-state index in [0.29, 0.717) is 28.1 Å². The van der Waals surface area contributed by atoms with Crippen LogP contribution in [-0.4, -0.2) is 30.4 Å². The van der Waals surface area contributed by atoms with Crippen molar-refractivity contribution in [1.29, 1.82) is 0 Å². The normalized spacial score (nSPS) is 12.2. The molecule has 0 spiro atoms.